The van der Waals surface area contributed by atoms with Gasteiger partial charge in [0.15, 0.2) is 5.78 Å². The second kappa shape index (κ2) is 3.29. The monoisotopic (exact) mass is 214 g/mol. The standard InChI is InChI=1S/C14H14O2/c1-10-6-7-14(8-13(10)15)12-5-3-2-4-11(12)9-16-14/h2-5H,1,6-9H2. The molecule has 0 aromatic heterocycles. The van der Waals surface area contributed by atoms with Gasteiger partial charge in [0.1, 0.15) is 5.60 Å². The van der Waals surface area contributed by atoms with Crippen LogP contribution in [0.3, 0.4) is 0 Å². The molecule has 0 bridgehead atoms. The van der Waals surface area contributed by atoms with Crippen molar-refractivity contribution < 1.29 is 9.53 Å². The van der Waals surface area contributed by atoms with Gasteiger partial charge in [0.25, 0.3) is 0 Å². The van der Waals surface area contributed by atoms with Crippen molar-refractivity contribution in [3.63, 3.8) is 0 Å². The summed E-state index contributed by atoms with van der Waals surface area (Å²) in [6.07, 6.45) is 2.10. The first-order valence-electron chi connectivity index (χ1n) is 5.65. The summed E-state index contributed by atoms with van der Waals surface area (Å²) in [7, 11) is 0. The highest BCUT2D eigenvalue weighted by Crippen LogP contribution is 2.46. The zero-order chi connectivity index (χ0) is 11.2. The molecule has 1 aromatic rings. The van der Waals surface area contributed by atoms with E-state index < -0.39 is 0 Å². The predicted molar refractivity (Wildman–Crippen MR) is 60.9 cm³/mol. The zero-order valence-corrected chi connectivity index (χ0v) is 9.16. The Labute approximate surface area is 94.9 Å². The highest BCUT2D eigenvalue weighted by Gasteiger charge is 2.44. The molecule has 1 heterocycles. The van der Waals surface area contributed by atoms with Crippen LogP contribution in [0.5, 0.6) is 0 Å². The lowest BCUT2D eigenvalue weighted by molar-refractivity contribution is -0.128. The van der Waals surface area contributed by atoms with E-state index in [1.165, 1.54) is 11.1 Å². The molecule has 1 aliphatic carbocycles. The SMILES string of the molecule is C=C1CCC2(CC1=O)OCc1ccccc12. The first-order valence-corrected chi connectivity index (χ1v) is 5.65. The molecule has 2 aliphatic rings. The lowest BCUT2D eigenvalue weighted by Gasteiger charge is -2.33. The van der Waals surface area contributed by atoms with Crippen molar-refractivity contribution in [2.75, 3.05) is 0 Å². The van der Waals surface area contributed by atoms with Gasteiger partial charge in [-0.2, -0.15) is 0 Å². The number of hydrogen-bond donors (Lipinski definition) is 0. The van der Waals surface area contributed by atoms with Crippen LogP contribution >= 0.6 is 0 Å². The molecule has 1 spiro atoms. The quantitative estimate of drug-likeness (QED) is 0.621. The Balaban J connectivity index is 2.03. The normalized spacial score (nSPS) is 28.5. The molecule has 2 nitrogen and oxygen atoms in total. The Morgan fingerprint density at radius 3 is 2.94 bits per heavy atom. The first-order chi connectivity index (χ1) is 7.71. The van der Waals surface area contributed by atoms with E-state index in [9.17, 15) is 4.79 Å². The van der Waals surface area contributed by atoms with Gasteiger partial charge in [-0.3, -0.25) is 4.79 Å². The summed E-state index contributed by atoms with van der Waals surface area (Å²) in [5, 5.41) is 0. The van der Waals surface area contributed by atoms with Gasteiger partial charge in [0.05, 0.1) is 6.61 Å². The molecule has 0 N–H and O–H groups in total. The second-order valence-electron chi connectivity index (χ2n) is 4.64. The summed E-state index contributed by atoms with van der Waals surface area (Å²) in [5.74, 6) is 0.156. The third-order valence-corrected chi connectivity index (χ3v) is 3.68. The number of ether oxygens (including phenoxy) is 1. The van der Waals surface area contributed by atoms with E-state index in [1.54, 1.807) is 0 Å². The number of carbonyl (C=O) groups is 1. The van der Waals surface area contributed by atoms with Crippen LogP contribution in [0.2, 0.25) is 0 Å². The number of Topliss-reactive ketones (excluding diaryl/α,β-unsaturated/α-hetero) is 1. The van der Waals surface area contributed by atoms with Crippen LogP contribution in [0, 0.1) is 0 Å². The summed E-state index contributed by atoms with van der Waals surface area (Å²) in [6, 6.07) is 8.20. The minimum atomic E-state index is -0.352. The number of ketones is 1. The highest BCUT2D eigenvalue weighted by atomic mass is 16.5. The molecule has 16 heavy (non-hydrogen) atoms. The van der Waals surface area contributed by atoms with E-state index >= 15 is 0 Å². The van der Waals surface area contributed by atoms with Crippen molar-refractivity contribution in [1.82, 2.24) is 0 Å². The second-order valence-corrected chi connectivity index (χ2v) is 4.64. The molecular formula is C14H14O2. The third kappa shape index (κ3) is 1.26. The Kier molecular flexibility index (Phi) is 2.01. The van der Waals surface area contributed by atoms with Crippen molar-refractivity contribution in [3.8, 4) is 0 Å². The largest absolute Gasteiger partial charge is 0.365 e. The number of benzene rings is 1. The molecule has 0 amide bonds. The molecule has 3 rings (SSSR count). The highest BCUT2D eigenvalue weighted by molar-refractivity contribution is 5.96. The molecule has 1 fully saturated rings. The van der Waals surface area contributed by atoms with Gasteiger partial charge in [0.2, 0.25) is 0 Å². The van der Waals surface area contributed by atoms with E-state index in [0.29, 0.717) is 13.0 Å². The molecule has 0 saturated heterocycles. The Morgan fingerprint density at radius 1 is 1.31 bits per heavy atom. The van der Waals surface area contributed by atoms with Gasteiger partial charge in [-0.15, -0.1) is 0 Å². The Hall–Kier alpha value is -1.41. The van der Waals surface area contributed by atoms with E-state index in [2.05, 4.69) is 18.7 Å². The fourth-order valence-electron chi connectivity index (χ4n) is 2.70. The van der Waals surface area contributed by atoms with Gasteiger partial charge in [-0.1, -0.05) is 30.8 Å². The van der Waals surface area contributed by atoms with Crippen molar-refractivity contribution in [2.45, 2.75) is 31.5 Å². The maximum Gasteiger partial charge on any atom is 0.161 e. The lowest BCUT2D eigenvalue weighted by Crippen LogP contribution is -2.33. The van der Waals surface area contributed by atoms with Gasteiger partial charge in [-0.05, 0) is 29.5 Å². The summed E-state index contributed by atoms with van der Waals surface area (Å²) in [4.78, 5) is 11.8. The van der Waals surface area contributed by atoms with Crippen LogP contribution in [0.4, 0.5) is 0 Å². The Bertz CT molecular complexity index is 475. The van der Waals surface area contributed by atoms with Gasteiger partial charge >= 0.3 is 0 Å². The molecule has 1 aliphatic heterocycles. The van der Waals surface area contributed by atoms with E-state index in [4.69, 9.17) is 4.74 Å². The van der Waals surface area contributed by atoms with E-state index in [-0.39, 0.29) is 11.4 Å². The minimum Gasteiger partial charge on any atom is -0.365 e. The predicted octanol–water partition coefficient (Wildman–Crippen LogP) is 2.72. The summed E-state index contributed by atoms with van der Waals surface area (Å²) in [6.45, 7) is 4.44. The Morgan fingerprint density at radius 2 is 2.12 bits per heavy atom. The molecule has 1 unspecified atom stereocenters. The van der Waals surface area contributed by atoms with Crippen LogP contribution in [0.25, 0.3) is 0 Å². The molecular weight excluding hydrogens is 200 g/mol. The third-order valence-electron chi connectivity index (χ3n) is 3.68. The van der Waals surface area contributed by atoms with E-state index in [1.807, 2.05) is 12.1 Å². The van der Waals surface area contributed by atoms with Crippen molar-refractivity contribution >= 4 is 5.78 Å². The number of allylic oxidation sites excluding steroid dienone is 1. The fourth-order valence-corrected chi connectivity index (χ4v) is 2.70. The molecule has 1 saturated carbocycles. The molecule has 1 atom stereocenters. The lowest BCUT2D eigenvalue weighted by atomic mass is 9.77. The number of hydrogen-bond acceptors (Lipinski definition) is 2. The molecule has 82 valence electrons. The molecule has 1 aromatic carbocycles. The summed E-state index contributed by atoms with van der Waals surface area (Å²) >= 11 is 0. The number of fused-ring (bicyclic) bond motifs is 2. The van der Waals surface area contributed by atoms with Gasteiger partial charge in [0, 0.05) is 6.42 Å². The molecule has 2 heteroatoms. The van der Waals surface area contributed by atoms with Crippen molar-refractivity contribution in [1.29, 1.82) is 0 Å². The van der Waals surface area contributed by atoms with Crippen LogP contribution < -0.4 is 0 Å². The fraction of sp³-hybridized carbons (Fsp3) is 0.357. The maximum atomic E-state index is 11.8. The summed E-state index contributed by atoms with van der Waals surface area (Å²) in [5.41, 5.74) is 2.83. The maximum absolute atomic E-state index is 11.8. The average molecular weight is 214 g/mol. The topological polar surface area (TPSA) is 26.3 Å². The van der Waals surface area contributed by atoms with E-state index in [0.717, 1.165) is 18.4 Å². The van der Waals surface area contributed by atoms with Gasteiger partial charge in [-0.25, -0.2) is 0 Å². The number of rotatable bonds is 0. The van der Waals surface area contributed by atoms with Crippen molar-refractivity contribution in [2.24, 2.45) is 0 Å². The van der Waals surface area contributed by atoms with Crippen LogP contribution in [-0.4, -0.2) is 5.78 Å². The number of carbonyl (C=O) groups excluding carboxylic acids is 1. The molecule has 0 radical (unpaired) electrons. The van der Waals surface area contributed by atoms with Crippen molar-refractivity contribution in [3.05, 3.63) is 47.5 Å². The average Bonchev–Trinajstić information content (AvgIpc) is 2.65. The summed E-state index contributed by atoms with van der Waals surface area (Å²) < 4.78 is 5.91. The van der Waals surface area contributed by atoms with Gasteiger partial charge < -0.3 is 4.74 Å². The smallest absolute Gasteiger partial charge is 0.161 e. The van der Waals surface area contributed by atoms with Crippen LogP contribution in [0.15, 0.2) is 36.4 Å². The minimum absolute atomic E-state index is 0.156. The van der Waals surface area contributed by atoms with Crippen LogP contribution in [-0.2, 0) is 21.7 Å². The zero-order valence-electron chi connectivity index (χ0n) is 9.16. The first kappa shape index (κ1) is 9.79. The van der Waals surface area contributed by atoms with Crippen LogP contribution in [0.1, 0.15) is 30.4 Å².